The van der Waals surface area contributed by atoms with E-state index in [4.69, 9.17) is 0 Å². The summed E-state index contributed by atoms with van der Waals surface area (Å²) in [7, 11) is -3.66. The van der Waals surface area contributed by atoms with Crippen molar-refractivity contribution in [2.24, 2.45) is 0 Å². The molecule has 0 radical (unpaired) electrons. The zero-order valence-corrected chi connectivity index (χ0v) is 16.7. The minimum Gasteiger partial charge on any atom is -0.322 e. The van der Waals surface area contributed by atoms with Crippen molar-refractivity contribution in [1.29, 1.82) is 0 Å². The summed E-state index contributed by atoms with van der Waals surface area (Å²) >= 11 is 1.35. The van der Waals surface area contributed by atoms with Crippen LogP contribution in [0, 0.1) is 11.6 Å². The van der Waals surface area contributed by atoms with E-state index in [1.807, 2.05) is 4.72 Å². The predicted octanol–water partition coefficient (Wildman–Crippen LogP) is 4.11. The first-order chi connectivity index (χ1) is 13.7. The molecule has 2 N–H and O–H groups in total. The van der Waals surface area contributed by atoms with Crippen LogP contribution >= 0.6 is 11.3 Å². The molecule has 0 saturated heterocycles. The molecular weight excluding hydrogens is 420 g/mol. The molecule has 0 saturated carbocycles. The molecule has 1 heterocycles. The van der Waals surface area contributed by atoms with Gasteiger partial charge in [-0.1, -0.05) is 0 Å². The second-order valence-corrected chi connectivity index (χ2v) is 8.58. The summed E-state index contributed by atoms with van der Waals surface area (Å²) in [6.07, 6.45) is 3.64. The van der Waals surface area contributed by atoms with Crippen LogP contribution in [0.4, 0.5) is 20.2 Å². The number of nitrogens with zero attached hydrogens (tertiary/aromatic N) is 1. The topological polar surface area (TPSA) is 88.2 Å². The summed E-state index contributed by atoms with van der Waals surface area (Å²) in [6, 6.07) is 9.45. The molecule has 0 spiro atoms. The van der Waals surface area contributed by atoms with Crippen molar-refractivity contribution in [3.8, 4) is 10.6 Å². The molecule has 0 aliphatic carbocycles. The first-order valence-corrected chi connectivity index (χ1v) is 10.9. The Balaban J connectivity index is 1.67. The number of anilines is 2. The van der Waals surface area contributed by atoms with Gasteiger partial charge in [-0.25, -0.2) is 22.2 Å². The molecule has 3 aromatic rings. The molecular formula is C19H15F2N3O3S2. The van der Waals surface area contributed by atoms with Crippen LogP contribution < -0.4 is 10.0 Å². The van der Waals surface area contributed by atoms with Crippen LogP contribution in [0.15, 0.2) is 53.9 Å². The zero-order chi connectivity index (χ0) is 21.0. The molecule has 1 aromatic heterocycles. The molecule has 10 heteroatoms. The van der Waals surface area contributed by atoms with E-state index in [1.165, 1.54) is 47.8 Å². The average molecular weight is 435 g/mol. The fraction of sp³-hybridized carbons (Fsp3) is 0.0526. The van der Waals surface area contributed by atoms with Crippen molar-refractivity contribution >= 4 is 44.7 Å². The van der Waals surface area contributed by atoms with E-state index < -0.39 is 21.7 Å². The normalized spacial score (nSPS) is 11.6. The number of thiazole rings is 1. The lowest BCUT2D eigenvalue weighted by Gasteiger charge is -2.08. The molecule has 0 bridgehead atoms. The molecule has 29 heavy (non-hydrogen) atoms. The molecule has 0 fully saturated rings. The van der Waals surface area contributed by atoms with Crippen molar-refractivity contribution in [1.82, 2.24) is 4.98 Å². The summed E-state index contributed by atoms with van der Waals surface area (Å²) in [5.74, 6) is -1.60. The first-order valence-electron chi connectivity index (χ1n) is 8.17. The Kier molecular flexibility index (Phi) is 6.04. The monoisotopic (exact) mass is 435 g/mol. The lowest BCUT2D eigenvalue weighted by molar-refractivity contribution is -0.111. The third-order valence-corrected chi connectivity index (χ3v) is 5.05. The van der Waals surface area contributed by atoms with E-state index in [1.54, 1.807) is 17.5 Å². The van der Waals surface area contributed by atoms with Gasteiger partial charge in [-0.05, 0) is 48.5 Å². The van der Waals surface area contributed by atoms with Gasteiger partial charge in [0, 0.05) is 22.7 Å². The van der Waals surface area contributed by atoms with Crippen LogP contribution in [0.2, 0.25) is 0 Å². The SMILES string of the molecule is CS(=O)(=O)Nc1cc(NC(=O)/C=C/c2csc(-c3ccc(F)cc3)n2)ccc1F. The van der Waals surface area contributed by atoms with E-state index in [-0.39, 0.29) is 17.2 Å². The van der Waals surface area contributed by atoms with Crippen LogP contribution in [0.1, 0.15) is 5.69 Å². The number of nitrogens with one attached hydrogen (secondary N) is 2. The third-order valence-electron chi connectivity index (χ3n) is 3.55. The van der Waals surface area contributed by atoms with Crippen LogP contribution in [0.5, 0.6) is 0 Å². The van der Waals surface area contributed by atoms with Crippen LogP contribution in [0.3, 0.4) is 0 Å². The van der Waals surface area contributed by atoms with Crippen molar-refractivity contribution in [3.63, 3.8) is 0 Å². The Hall–Kier alpha value is -3.11. The summed E-state index contributed by atoms with van der Waals surface area (Å²) in [6.45, 7) is 0. The van der Waals surface area contributed by atoms with E-state index in [9.17, 15) is 22.0 Å². The summed E-state index contributed by atoms with van der Waals surface area (Å²) in [4.78, 5) is 16.4. The number of sulfonamides is 1. The number of halogens is 2. The van der Waals surface area contributed by atoms with E-state index in [2.05, 4.69) is 10.3 Å². The second-order valence-electron chi connectivity index (χ2n) is 5.98. The van der Waals surface area contributed by atoms with Crippen LogP contribution in [0.25, 0.3) is 16.6 Å². The van der Waals surface area contributed by atoms with E-state index in [0.717, 1.165) is 17.9 Å². The van der Waals surface area contributed by atoms with Crippen molar-refractivity contribution in [2.45, 2.75) is 0 Å². The highest BCUT2D eigenvalue weighted by atomic mass is 32.2. The highest BCUT2D eigenvalue weighted by Crippen LogP contribution is 2.24. The molecule has 0 aliphatic rings. The van der Waals surface area contributed by atoms with Gasteiger partial charge in [0.15, 0.2) is 0 Å². The summed E-state index contributed by atoms with van der Waals surface area (Å²) < 4.78 is 51.3. The molecule has 6 nitrogen and oxygen atoms in total. The Morgan fingerprint density at radius 3 is 2.55 bits per heavy atom. The Bertz CT molecular complexity index is 1170. The summed E-state index contributed by atoms with van der Waals surface area (Å²) in [5, 5.41) is 4.94. The van der Waals surface area contributed by atoms with Crippen molar-refractivity contribution in [3.05, 3.63) is 71.2 Å². The second kappa shape index (κ2) is 8.50. The number of hydrogen-bond donors (Lipinski definition) is 2. The standard InChI is InChI=1S/C19H15F2N3O3S2/c1-29(26,27)24-17-10-14(6-8-16(17)21)22-18(25)9-7-15-11-28-19(23-15)12-2-4-13(20)5-3-12/h2-11,24H,1H3,(H,22,25)/b9-7+. The molecule has 1 amide bonds. The van der Waals surface area contributed by atoms with Gasteiger partial charge >= 0.3 is 0 Å². The molecule has 2 aromatic carbocycles. The minimum absolute atomic E-state index is 0.220. The highest BCUT2D eigenvalue weighted by Gasteiger charge is 2.10. The fourth-order valence-corrected chi connectivity index (χ4v) is 3.66. The van der Waals surface area contributed by atoms with Crippen LogP contribution in [-0.4, -0.2) is 25.6 Å². The highest BCUT2D eigenvalue weighted by molar-refractivity contribution is 7.92. The first kappa shape index (κ1) is 20.6. The molecule has 0 unspecified atom stereocenters. The van der Waals surface area contributed by atoms with Gasteiger partial charge in [0.1, 0.15) is 16.6 Å². The quantitative estimate of drug-likeness (QED) is 0.571. The lowest BCUT2D eigenvalue weighted by atomic mass is 10.2. The van der Waals surface area contributed by atoms with Gasteiger partial charge in [0.2, 0.25) is 15.9 Å². The van der Waals surface area contributed by atoms with Gasteiger partial charge in [0.05, 0.1) is 17.6 Å². The Morgan fingerprint density at radius 2 is 1.86 bits per heavy atom. The number of aromatic nitrogens is 1. The average Bonchev–Trinajstić information content (AvgIpc) is 3.11. The lowest BCUT2D eigenvalue weighted by Crippen LogP contribution is -2.12. The van der Waals surface area contributed by atoms with Crippen LogP contribution in [-0.2, 0) is 14.8 Å². The van der Waals surface area contributed by atoms with Gasteiger partial charge in [-0.3, -0.25) is 9.52 Å². The number of hydrogen-bond acceptors (Lipinski definition) is 5. The number of amides is 1. The molecule has 0 atom stereocenters. The maximum absolute atomic E-state index is 13.7. The Labute approximate surface area is 170 Å². The number of benzene rings is 2. The summed E-state index contributed by atoms with van der Waals surface area (Å²) in [5.41, 5.74) is 1.26. The van der Waals surface area contributed by atoms with Gasteiger partial charge in [0.25, 0.3) is 0 Å². The molecule has 150 valence electrons. The third kappa shape index (κ3) is 5.93. The predicted molar refractivity (Wildman–Crippen MR) is 110 cm³/mol. The largest absolute Gasteiger partial charge is 0.322 e. The van der Waals surface area contributed by atoms with Gasteiger partial charge in [-0.2, -0.15) is 0 Å². The number of rotatable bonds is 6. The Morgan fingerprint density at radius 1 is 1.14 bits per heavy atom. The maximum Gasteiger partial charge on any atom is 0.248 e. The van der Waals surface area contributed by atoms with E-state index >= 15 is 0 Å². The zero-order valence-electron chi connectivity index (χ0n) is 15.0. The minimum atomic E-state index is -3.66. The molecule has 0 aliphatic heterocycles. The van der Waals surface area contributed by atoms with Gasteiger partial charge in [-0.15, -0.1) is 11.3 Å². The molecule has 3 rings (SSSR count). The smallest absolute Gasteiger partial charge is 0.248 e. The number of carbonyl (C=O) groups is 1. The van der Waals surface area contributed by atoms with E-state index in [0.29, 0.717) is 10.7 Å². The fourth-order valence-electron chi connectivity index (χ4n) is 2.31. The number of carbonyl (C=O) groups excluding carboxylic acids is 1. The van der Waals surface area contributed by atoms with Gasteiger partial charge < -0.3 is 5.32 Å². The van der Waals surface area contributed by atoms with Crippen molar-refractivity contribution in [2.75, 3.05) is 16.3 Å². The van der Waals surface area contributed by atoms with Crippen molar-refractivity contribution < 1.29 is 22.0 Å². The maximum atomic E-state index is 13.7.